The predicted molar refractivity (Wildman–Crippen MR) is 65.4 cm³/mol. The van der Waals surface area contributed by atoms with Gasteiger partial charge < -0.3 is 11.1 Å². The molecule has 0 bridgehead atoms. The second-order valence-electron chi connectivity index (χ2n) is 3.66. The molecule has 3 N–H and O–H groups in total. The van der Waals surface area contributed by atoms with E-state index in [0.717, 1.165) is 5.56 Å². The molecule has 1 aromatic carbocycles. The van der Waals surface area contributed by atoms with E-state index < -0.39 is 18.9 Å². The van der Waals surface area contributed by atoms with Crippen LogP contribution in [0, 0.1) is 18.8 Å². The molecular weight excluding hydrogens is 238 g/mol. The molecule has 0 aromatic heterocycles. The van der Waals surface area contributed by atoms with Crippen molar-refractivity contribution in [3.05, 3.63) is 34.9 Å². The minimum atomic E-state index is -2.57. The summed E-state index contributed by atoms with van der Waals surface area (Å²) in [6.45, 7) is 1.36. The molecule has 18 heavy (non-hydrogen) atoms. The molecule has 0 spiro atoms. The first-order valence-corrected chi connectivity index (χ1v) is 5.40. The lowest BCUT2D eigenvalue weighted by Crippen LogP contribution is -2.29. The lowest BCUT2D eigenvalue weighted by Gasteiger charge is -2.07. The van der Waals surface area contributed by atoms with E-state index in [2.05, 4.69) is 17.2 Å². The zero-order valence-electron chi connectivity index (χ0n) is 9.97. The highest BCUT2D eigenvalue weighted by Crippen LogP contribution is 2.10. The lowest BCUT2D eigenvalue weighted by atomic mass is 10.0. The first-order chi connectivity index (χ1) is 8.54. The van der Waals surface area contributed by atoms with Crippen molar-refractivity contribution in [2.75, 3.05) is 13.1 Å². The average Bonchev–Trinajstić information content (AvgIpc) is 2.33. The maximum absolute atomic E-state index is 12.0. The van der Waals surface area contributed by atoms with Gasteiger partial charge in [0.2, 0.25) is 0 Å². The Bertz CT molecular complexity index is 489. The van der Waals surface area contributed by atoms with Crippen LogP contribution in [0.25, 0.3) is 0 Å². The Labute approximate surface area is 104 Å². The number of benzene rings is 1. The van der Waals surface area contributed by atoms with Crippen molar-refractivity contribution in [3.8, 4) is 11.8 Å². The number of aryl methyl sites for hydroxylation is 1. The molecular formula is C13H14F2N2O. The predicted octanol–water partition coefficient (Wildman–Crippen LogP) is 1.30. The monoisotopic (exact) mass is 252 g/mol. The number of carbonyl (C=O) groups is 1. The van der Waals surface area contributed by atoms with Gasteiger partial charge >= 0.3 is 0 Å². The van der Waals surface area contributed by atoms with Gasteiger partial charge in [0.05, 0.1) is 18.7 Å². The fourth-order valence-electron chi connectivity index (χ4n) is 1.37. The number of amides is 1. The Morgan fingerprint density at radius 3 is 2.83 bits per heavy atom. The van der Waals surface area contributed by atoms with Gasteiger partial charge in [-0.1, -0.05) is 17.9 Å². The van der Waals surface area contributed by atoms with Crippen LogP contribution in [0.1, 0.15) is 21.5 Å². The fourth-order valence-corrected chi connectivity index (χ4v) is 1.37. The highest BCUT2D eigenvalue weighted by atomic mass is 19.3. The van der Waals surface area contributed by atoms with E-state index in [0.29, 0.717) is 5.56 Å². The number of alkyl halides is 2. The van der Waals surface area contributed by atoms with Gasteiger partial charge in [0.1, 0.15) is 0 Å². The van der Waals surface area contributed by atoms with Gasteiger partial charge in [-0.05, 0) is 24.6 Å². The summed E-state index contributed by atoms with van der Waals surface area (Å²) in [5.41, 5.74) is 6.97. The molecule has 0 aliphatic carbocycles. The first kappa shape index (κ1) is 14.1. The summed E-state index contributed by atoms with van der Waals surface area (Å²) in [7, 11) is 0. The molecule has 0 fully saturated rings. The van der Waals surface area contributed by atoms with E-state index >= 15 is 0 Å². The van der Waals surface area contributed by atoms with E-state index in [1.807, 2.05) is 6.92 Å². The number of carbonyl (C=O) groups excluding carboxylic acids is 1. The van der Waals surface area contributed by atoms with Crippen molar-refractivity contribution in [3.63, 3.8) is 0 Å². The molecule has 0 heterocycles. The molecule has 0 saturated heterocycles. The number of hydrogen-bond acceptors (Lipinski definition) is 2. The maximum atomic E-state index is 12.0. The van der Waals surface area contributed by atoms with E-state index in [-0.39, 0.29) is 12.1 Å². The van der Waals surface area contributed by atoms with Crippen molar-refractivity contribution in [1.82, 2.24) is 5.32 Å². The summed E-state index contributed by atoms with van der Waals surface area (Å²) in [5.74, 6) is 4.84. The van der Waals surface area contributed by atoms with Crippen LogP contribution in [-0.4, -0.2) is 25.4 Å². The van der Waals surface area contributed by atoms with E-state index in [4.69, 9.17) is 5.73 Å². The molecule has 0 aliphatic rings. The molecule has 1 rings (SSSR count). The standard InChI is InChI=1S/C13H14F2N2O/c1-9-4-5-11(10(7-9)3-2-6-16)13(18)17-8-12(14)15/h4-5,7,12H,6,8,16H2,1H3,(H,17,18). The molecule has 0 radical (unpaired) electrons. The van der Waals surface area contributed by atoms with Crippen molar-refractivity contribution in [2.45, 2.75) is 13.3 Å². The third-order valence-corrected chi connectivity index (χ3v) is 2.16. The van der Waals surface area contributed by atoms with Crippen LogP contribution in [-0.2, 0) is 0 Å². The van der Waals surface area contributed by atoms with Crippen LogP contribution < -0.4 is 11.1 Å². The minimum absolute atomic E-state index is 0.173. The molecule has 1 aromatic rings. The topological polar surface area (TPSA) is 55.1 Å². The summed E-state index contributed by atoms with van der Waals surface area (Å²) >= 11 is 0. The highest BCUT2D eigenvalue weighted by Gasteiger charge is 2.12. The smallest absolute Gasteiger partial charge is 0.255 e. The van der Waals surface area contributed by atoms with Crippen LogP contribution in [0.5, 0.6) is 0 Å². The number of nitrogens with two attached hydrogens (primary N) is 1. The Hall–Kier alpha value is -1.93. The molecule has 0 atom stereocenters. The summed E-state index contributed by atoms with van der Waals surface area (Å²) < 4.78 is 24.0. The van der Waals surface area contributed by atoms with Gasteiger partial charge in [-0.15, -0.1) is 0 Å². The normalized spacial score (nSPS) is 9.83. The Morgan fingerprint density at radius 1 is 1.50 bits per heavy atom. The minimum Gasteiger partial charge on any atom is -0.346 e. The number of halogens is 2. The number of nitrogens with one attached hydrogen (secondary N) is 1. The van der Waals surface area contributed by atoms with Crippen molar-refractivity contribution >= 4 is 5.91 Å². The zero-order chi connectivity index (χ0) is 13.5. The number of rotatable bonds is 3. The summed E-state index contributed by atoms with van der Waals surface area (Å²) in [4.78, 5) is 11.7. The van der Waals surface area contributed by atoms with Crippen LogP contribution in [0.3, 0.4) is 0 Å². The van der Waals surface area contributed by atoms with E-state index in [1.54, 1.807) is 18.2 Å². The molecule has 96 valence electrons. The van der Waals surface area contributed by atoms with E-state index in [9.17, 15) is 13.6 Å². The van der Waals surface area contributed by atoms with Crippen LogP contribution >= 0.6 is 0 Å². The van der Waals surface area contributed by atoms with E-state index in [1.165, 1.54) is 0 Å². The molecule has 3 nitrogen and oxygen atoms in total. The summed E-state index contributed by atoms with van der Waals surface area (Å²) in [6.07, 6.45) is -2.57. The van der Waals surface area contributed by atoms with Gasteiger partial charge in [0.15, 0.2) is 0 Å². The highest BCUT2D eigenvalue weighted by molar-refractivity contribution is 5.96. The molecule has 0 saturated carbocycles. The third kappa shape index (κ3) is 4.15. The van der Waals surface area contributed by atoms with Crippen LogP contribution in [0.4, 0.5) is 8.78 Å². The lowest BCUT2D eigenvalue weighted by molar-refractivity contribution is 0.0891. The van der Waals surface area contributed by atoms with Crippen molar-refractivity contribution in [2.24, 2.45) is 5.73 Å². The second-order valence-corrected chi connectivity index (χ2v) is 3.66. The summed E-state index contributed by atoms with van der Waals surface area (Å²) in [6, 6.07) is 5.02. The van der Waals surface area contributed by atoms with Gasteiger partial charge in [0, 0.05) is 5.56 Å². The maximum Gasteiger partial charge on any atom is 0.255 e. The molecule has 1 amide bonds. The molecule has 0 aliphatic heterocycles. The average molecular weight is 252 g/mol. The van der Waals surface area contributed by atoms with Crippen LogP contribution in [0.15, 0.2) is 18.2 Å². The summed E-state index contributed by atoms with van der Waals surface area (Å²) in [5, 5.41) is 2.15. The number of hydrogen-bond donors (Lipinski definition) is 2. The van der Waals surface area contributed by atoms with Crippen LogP contribution in [0.2, 0.25) is 0 Å². The Balaban J connectivity index is 2.96. The molecule has 0 unspecified atom stereocenters. The van der Waals surface area contributed by atoms with Gasteiger partial charge in [-0.2, -0.15) is 0 Å². The third-order valence-electron chi connectivity index (χ3n) is 2.16. The van der Waals surface area contributed by atoms with Gasteiger partial charge in [0.25, 0.3) is 12.3 Å². The largest absolute Gasteiger partial charge is 0.346 e. The quantitative estimate of drug-likeness (QED) is 0.797. The van der Waals surface area contributed by atoms with Gasteiger partial charge in [-0.25, -0.2) is 8.78 Å². The first-order valence-electron chi connectivity index (χ1n) is 5.40. The zero-order valence-corrected chi connectivity index (χ0v) is 9.97. The SMILES string of the molecule is Cc1ccc(C(=O)NCC(F)F)c(C#CCN)c1. The fraction of sp³-hybridized carbons (Fsp3) is 0.308. The second kappa shape index (κ2) is 6.72. The van der Waals surface area contributed by atoms with Crippen molar-refractivity contribution < 1.29 is 13.6 Å². The van der Waals surface area contributed by atoms with Crippen molar-refractivity contribution in [1.29, 1.82) is 0 Å². The Morgan fingerprint density at radius 2 is 2.22 bits per heavy atom. The Kier molecular flexibility index (Phi) is 5.28. The van der Waals surface area contributed by atoms with Gasteiger partial charge in [-0.3, -0.25) is 4.79 Å². The molecule has 5 heteroatoms.